The summed E-state index contributed by atoms with van der Waals surface area (Å²) in [6, 6.07) is 10.4. The average Bonchev–Trinajstić information content (AvgIpc) is 2.38. The Morgan fingerprint density at radius 3 is 2.21 bits per heavy atom. The van der Waals surface area contributed by atoms with Gasteiger partial charge in [0.25, 0.3) is 0 Å². The van der Waals surface area contributed by atoms with Crippen LogP contribution in [0.25, 0.3) is 6.08 Å². The third-order valence-corrected chi connectivity index (χ3v) is 2.03. The first-order valence-corrected chi connectivity index (χ1v) is 6.42. The molecule has 0 saturated carbocycles. The van der Waals surface area contributed by atoms with Gasteiger partial charge in [0.1, 0.15) is 0 Å². The Kier molecular flexibility index (Phi) is 8.27. The number of esters is 1. The molecule has 19 heavy (non-hydrogen) atoms. The van der Waals surface area contributed by atoms with Crippen LogP contribution in [0, 0.1) is 5.41 Å². The van der Waals surface area contributed by atoms with Gasteiger partial charge < -0.3 is 4.74 Å². The van der Waals surface area contributed by atoms with Crippen LogP contribution < -0.4 is 0 Å². The Hall–Kier alpha value is -1.83. The van der Waals surface area contributed by atoms with Crippen LogP contribution in [0.3, 0.4) is 0 Å². The zero-order chi connectivity index (χ0) is 14.7. The standard InChI is InChI=1S/C12H16.C5H8O2/c1-12(2,3)10-9-11-7-5-4-6-8-11;1-3-5(6)7-4-2/h4-10H,1-3H3;3H,1,4H2,2H3. The van der Waals surface area contributed by atoms with Crippen molar-refractivity contribution < 1.29 is 9.53 Å². The molecule has 0 aliphatic rings. The predicted octanol–water partition coefficient (Wildman–Crippen LogP) is 4.48. The van der Waals surface area contributed by atoms with Crippen LogP contribution in [-0.4, -0.2) is 12.6 Å². The van der Waals surface area contributed by atoms with Crippen molar-refractivity contribution in [3.63, 3.8) is 0 Å². The van der Waals surface area contributed by atoms with E-state index in [0.717, 1.165) is 6.08 Å². The van der Waals surface area contributed by atoms with E-state index in [4.69, 9.17) is 0 Å². The first-order chi connectivity index (χ1) is 8.89. The highest BCUT2D eigenvalue weighted by atomic mass is 16.5. The topological polar surface area (TPSA) is 26.3 Å². The number of carbonyl (C=O) groups excluding carboxylic acids is 1. The molecule has 0 atom stereocenters. The first kappa shape index (κ1) is 17.2. The summed E-state index contributed by atoms with van der Waals surface area (Å²) in [5.41, 5.74) is 1.54. The molecule has 0 spiro atoms. The minimum atomic E-state index is -0.359. The van der Waals surface area contributed by atoms with Crippen molar-refractivity contribution in [2.75, 3.05) is 6.61 Å². The summed E-state index contributed by atoms with van der Waals surface area (Å²) in [5.74, 6) is -0.359. The van der Waals surface area contributed by atoms with Crippen molar-refractivity contribution in [1.29, 1.82) is 0 Å². The molecule has 0 N–H and O–H groups in total. The quantitative estimate of drug-likeness (QED) is 0.591. The lowest BCUT2D eigenvalue weighted by atomic mass is 9.95. The fourth-order valence-corrected chi connectivity index (χ4v) is 1.11. The molecule has 0 fully saturated rings. The second-order valence-electron chi connectivity index (χ2n) is 5.07. The number of ether oxygens (including phenoxy) is 1. The molecular weight excluding hydrogens is 236 g/mol. The second kappa shape index (κ2) is 9.15. The van der Waals surface area contributed by atoms with E-state index in [-0.39, 0.29) is 11.4 Å². The van der Waals surface area contributed by atoms with E-state index < -0.39 is 0 Å². The van der Waals surface area contributed by atoms with Gasteiger partial charge in [-0.1, -0.05) is 69.8 Å². The van der Waals surface area contributed by atoms with Crippen LogP contribution in [0.5, 0.6) is 0 Å². The number of allylic oxidation sites excluding steroid dienone is 1. The summed E-state index contributed by atoms with van der Waals surface area (Å²) >= 11 is 0. The van der Waals surface area contributed by atoms with Gasteiger partial charge in [0.05, 0.1) is 6.61 Å². The maximum atomic E-state index is 10.1. The number of hydrogen-bond donors (Lipinski definition) is 0. The molecule has 0 aliphatic heterocycles. The van der Waals surface area contributed by atoms with E-state index in [1.165, 1.54) is 5.56 Å². The molecule has 1 rings (SSSR count). The monoisotopic (exact) mass is 260 g/mol. The van der Waals surface area contributed by atoms with E-state index in [1.807, 2.05) is 6.07 Å². The van der Waals surface area contributed by atoms with E-state index >= 15 is 0 Å². The van der Waals surface area contributed by atoms with Crippen molar-refractivity contribution in [1.82, 2.24) is 0 Å². The normalized spacial score (nSPS) is 10.5. The number of rotatable bonds is 3. The lowest BCUT2D eigenvalue weighted by molar-refractivity contribution is -0.137. The Labute approximate surface area is 116 Å². The van der Waals surface area contributed by atoms with Gasteiger partial charge in [0, 0.05) is 6.08 Å². The average molecular weight is 260 g/mol. The molecule has 1 aromatic carbocycles. The van der Waals surface area contributed by atoms with Gasteiger partial charge in [-0.2, -0.15) is 0 Å². The molecule has 0 amide bonds. The molecule has 0 unspecified atom stereocenters. The third-order valence-electron chi connectivity index (χ3n) is 2.03. The van der Waals surface area contributed by atoms with Crippen molar-refractivity contribution in [3.8, 4) is 0 Å². The molecule has 2 nitrogen and oxygen atoms in total. The van der Waals surface area contributed by atoms with Gasteiger partial charge in [0.2, 0.25) is 0 Å². The third kappa shape index (κ3) is 11.0. The second-order valence-corrected chi connectivity index (χ2v) is 5.07. The summed E-state index contributed by atoms with van der Waals surface area (Å²) < 4.78 is 4.43. The maximum absolute atomic E-state index is 10.1. The van der Waals surface area contributed by atoms with Crippen LogP contribution in [0.15, 0.2) is 49.1 Å². The van der Waals surface area contributed by atoms with E-state index in [0.29, 0.717) is 6.61 Å². The largest absolute Gasteiger partial charge is 0.463 e. The lowest BCUT2D eigenvalue weighted by Crippen LogP contribution is -1.97. The summed E-state index contributed by atoms with van der Waals surface area (Å²) in [5, 5.41) is 0. The van der Waals surface area contributed by atoms with Crippen LogP contribution in [0.4, 0.5) is 0 Å². The molecule has 1 aromatic rings. The summed E-state index contributed by atoms with van der Waals surface area (Å²) in [6.45, 7) is 12.0. The van der Waals surface area contributed by atoms with E-state index in [9.17, 15) is 4.79 Å². The van der Waals surface area contributed by atoms with Crippen molar-refractivity contribution in [2.45, 2.75) is 27.7 Å². The highest BCUT2D eigenvalue weighted by Crippen LogP contribution is 2.16. The number of carbonyl (C=O) groups is 1. The molecule has 0 heterocycles. The fraction of sp³-hybridized carbons (Fsp3) is 0.353. The zero-order valence-electron chi connectivity index (χ0n) is 12.3. The first-order valence-electron chi connectivity index (χ1n) is 6.42. The van der Waals surface area contributed by atoms with Crippen molar-refractivity contribution in [3.05, 3.63) is 54.6 Å². The smallest absolute Gasteiger partial charge is 0.330 e. The van der Waals surface area contributed by atoms with Crippen LogP contribution >= 0.6 is 0 Å². The Morgan fingerprint density at radius 2 is 1.84 bits per heavy atom. The van der Waals surface area contributed by atoms with Gasteiger partial charge in [-0.15, -0.1) is 0 Å². The van der Waals surface area contributed by atoms with Gasteiger partial charge in [-0.05, 0) is 17.9 Å². The van der Waals surface area contributed by atoms with Crippen molar-refractivity contribution >= 4 is 12.0 Å². The number of hydrogen-bond acceptors (Lipinski definition) is 2. The fourth-order valence-electron chi connectivity index (χ4n) is 1.11. The molecule has 0 radical (unpaired) electrons. The molecule has 0 aromatic heterocycles. The predicted molar refractivity (Wildman–Crippen MR) is 81.8 cm³/mol. The molecule has 104 valence electrons. The Balaban J connectivity index is 0.000000399. The minimum absolute atomic E-state index is 0.274. The molecule has 0 aliphatic carbocycles. The highest BCUT2D eigenvalue weighted by molar-refractivity contribution is 5.81. The Morgan fingerprint density at radius 1 is 1.26 bits per heavy atom. The SMILES string of the molecule is C=CC(=O)OCC.CC(C)(C)C=Cc1ccccc1. The number of benzene rings is 1. The van der Waals surface area contributed by atoms with Gasteiger partial charge in [-0.3, -0.25) is 0 Å². The highest BCUT2D eigenvalue weighted by Gasteiger charge is 2.02. The molecule has 2 heteroatoms. The zero-order valence-corrected chi connectivity index (χ0v) is 12.3. The molecular formula is C17H24O2. The molecule has 0 saturated heterocycles. The van der Waals surface area contributed by atoms with Crippen LogP contribution in [0.1, 0.15) is 33.3 Å². The van der Waals surface area contributed by atoms with Gasteiger partial charge in [0.15, 0.2) is 0 Å². The van der Waals surface area contributed by atoms with Crippen molar-refractivity contribution in [2.24, 2.45) is 5.41 Å². The van der Waals surface area contributed by atoms with Crippen LogP contribution in [0.2, 0.25) is 0 Å². The summed E-state index contributed by atoms with van der Waals surface area (Å²) in [7, 11) is 0. The van der Waals surface area contributed by atoms with Crippen LogP contribution in [-0.2, 0) is 9.53 Å². The van der Waals surface area contributed by atoms with E-state index in [2.05, 4.69) is 68.5 Å². The van der Waals surface area contributed by atoms with Gasteiger partial charge >= 0.3 is 5.97 Å². The summed E-state index contributed by atoms with van der Waals surface area (Å²) in [4.78, 5) is 10.1. The lowest BCUT2D eigenvalue weighted by Gasteiger charge is -2.10. The molecule has 0 bridgehead atoms. The summed E-state index contributed by atoms with van der Waals surface area (Å²) in [6.07, 6.45) is 5.53. The minimum Gasteiger partial charge on any atom is -0.463 e. The maximum Gasteiger partial charge on any atom is 0.330 e. The Bertz CT molecular complexity index is 397. The van der Waals surface area contributed by atoms with E-state index in [1.54, 1.807) is 6.92 Å². The van der Waals surface area contributed by atoms with Gasteiger partial charge in [-0.25, -0.2) is 4.79 Å².